The Morgan fingerprint density at radius 2 is 1.47 bits per heavy atom. The van der Waals surface area contributed by atoms with Crippen molar-refractivity contribution in [1.29, 1.82) is 0 Å². The van der Waals surface area contributed by atoms with Crippen LogP contribution < -0.4 is 14.9 Å². The van der Waals surface area contributed by atoms with Crippen LogP contribution in [0.3, 0.4) is 0 Å². The molecule has 0 aromatic heterocycles. The third-order valence-electron chi connectivity index (χ3n) is 6.36. The van der Waals surface area contributed by atoms with Crippen molar-refractivity contribution >= 4 is 34.0 Å². The van der Waals surface area contributed by atoms with Crippen LogP contribution in [0.4, 0.5) is 0 Å². The fourth-order valence-electron chi connectivity index (χ4n) is 4.16. The first-order valence-corrected chi connectivity index (χ1v) is 14.8. The normalized spacial score (nSPS) is 11.0. The van der Waals surface area contributed by atoms with Gasteiger partial charge in [-0.2, -0.15) is 5.10 Å². The average molecular weight is 588 g/mol. The number of carbonyl (C=O) groups is 2. The zero-order valence-corrected chi connectivity index (χ0v) is 24.6. The molecule has 0 aliphatic heterocycles. The summed E-state index contributed by atoms with van der Waals surface area (Å²) in [6, 6.07) is 12.1. The smallest absolute Gasteiger partial charge is 0.343 e. The van der Waals surface area contributed by atoms with Crippen LogP contribution in [-0.4, -0.2) is 25.2 Å². The van der Waals surface area contributed by atoms with Crippen LogP contribution in [0.5, 0.6) is 11.5 Å². The van der Waals surface area contributed by atoms with E-state index >= 15 is 0 Å². The first-order valence-electron chi connectivity index (χ1n) is 14.0. The number of benzene rings is 2. The average Bonchev–Trinajstić information content (AvgIpc) is 2.92. The van der Waals surface area contributed by atoms with Gasteiger partial charge in [-0.15, -0.1) is 0 Å². The third-order valence-corrected chi connectivity index (χ3v) is 6.85. The molecule has 1 N–H and O–H groups in total. The summed E-state index contributed by atoms with van der Waals surface area (Å²) in [6.07, 6.45) is 18.7. The number of hydrogen-bond donors (Lipinski definition) is 1. The van der Waals surface area contributed by atoms with Gasteiger partial charge in [0.2, 0.25) is 5.91 Å². The monoisotopic (exact) mass is 586 g/mol. The van der Waals surface area contributed by atoms with E-state index in [9.17, 15) is 9.59 Å². The Hall–Kier alpha value is -2.67. The molecule has 0 radical (unpaired) electrons. The lowest BCUT2D eigenvalue weighted by atomic mass is 10.0. The van der Waals surface area contributed by atoms with E-state index in [2.05, 4.69) is 33.4 Å². The molecule has 0 heterocycles. The van der Waals surface area contributed by atoms with Crippen molar-refractivity contribution < 1.29 is 19.1 Å². The summed E-state index contributed by atoms with van der Waals surface area (Å²) in [4.78, 5) is 24.5. The van der Waals surface area contributed by atoms with E-state index in [1.165, 1.54) is 77.7 Å². The minimum absolute atomic E-state index is 0.0872. The molecule has 0 fully saturated rings. The molecule has 38 heavy (non-hydrogen) atoms. The van der Waals surface area contributed by atoms with Crippen LogP contribution in [0.15, 0.2) is 52.0 Å². The Bertz CT molecular complexity index is 1010. The van der Waals surface area contributed by atoms with Crippen molar-refractivity contribution in [2.45, 2.75) is 96.8 Å². The molecule has 0 atom stereocenters. The molecule has 2 aromatic carbocycles. The SMILES string of the molecule is CCCCCCCCCCCCCCCC(=O)N/N=C\c1ccc(OC(=O)c2cccc(Br)c2)c(OC)c1. The Labute approximate surface area is 236 Å². The summed E-state index contributed by atoms with van der Waals surface area (Å²) in [5.74, 6) is 0.138. The number of hydrazone groups is 1. The topological polar surface area (TPSA) is 77.0 Å². The molecule has 0 aliphatic rings. The molecule has 0 unspecified atom stereocenters. The van der Waals surface area contributed by atoms with Gasteiger partial charge in [-0.3, -0.25) is 4.79 Å². The number of ether oxygens (including phenoxy) is 2. The second kappa shape index (κ2) is 19.4. The summed E-state index contributed by atoms with van der Waals surface area (Å²) >= 11 is 3.35. The Morgan fingerprint density at radius 1 is 0.842 bits per heavy atom. The Morgan fingerprint density at radius 3 is 2.08 bits per heavy atom. The number of esters is 1. The number of hydrogen-bond acceptors (Lipinski definition) is 5. The van der Waals surface area contributed by atoms with Crippen LogP contribution in [0, 0.1) is 0 Å². The number of unbranched alkanes of at least 4 members (excludes halogenated alkanes) is 12. The Balaban J connectivity index is 1.61. The Kier molecular flexibility index (Phi) is 16.1. The summed E-state index contributed by atoms with van der Waals surface area (Å²) in [5, 5.41) is 4.05. The van der Waals surface area contributed by atoms with E-state index in [1.807, 2.05) is 6.07 Å². The zero-order chi connectivity index (χ0) is 27.4. The van der Waals surface area contributed by atoms with Gasteiger partial charge in [-0.25, -0.2) is 10.2 Å². The standard InChI is InChI=1S/C31H43BrN2O4/c1-3-4-5-6-7-8-9-10-11-12-13-14-15-19-30(35)34-33-24-25-20-21-28(29(22-25)37-2)38-31(36)26-17-16-18-27(32)23-26/h16-18,20-24H,3-15,19H2,1-2H3,(H,34,35)/b33-24-. The van der Waals surface area contributed by atoms with E-state index in [0.29, 0.717) is 29.0 Å². The molecule has 0 saturated heterocycles. The maximum atomic E-state index is 12.4. The second-order valence-corrected chi connectivity index (χ2v) is 10.5. The van der Waals surface area contributed by atoms with E-state index in [0.717, 1.165) is 17.3 Å². The van der Waals surface area contributed by atoms with Crippen molar-refractivity contribution in [2.24, 2.45) is 5.10 Å². The molecule has 0 bridgehead atoms. The van der Waals surface area contributed by atoms with Crippen molar-refractivity contribution in [3.8, 4) is 11.5 Å². The lowest BCUT2D eigenvalue weighted by Gasteiger charge is -2.10. The molecule has 0 spiro atoms. The first kappa shape index (κ1) is 31.5. The van der Waals surface area contributed by atoms with Gasteiger partial charge in [0.25, 0.3) is 0 Å². The van der Waals surface area contributed by atoms with Gasteiger partial charge >= 0.3 is 5.97 Å². The molecular weight excluding hydrogens is 544 g/mol. The summed E-state index contributed by atoms with van der Waals surface area (Å²) in [5.41, 5.74) is 3.73. The van der Waals surface area contributed by atoms with E-state index in [4.69, 9.17) is 9.47 Å². The third kappa shape index (κ3) is 13.2. The van der Waals surface area contributed by atoms with Gasteiger partial charge in [0, 0.05) is 10.9 Å². The van der Waals surface area contributed by atoms with E-state index in [1.54, 1.807) is 42.6 Å². The zero-order valence-electron chi connectivity index (χ0n) is 23.0. The number of nitrogens with one attached hydrogen (secondary N) is 1. The minimum Gasteiger partial charge on any atom is -0.493 e. The number of rotatable bonds is 19. The highest BCUT2D eigenvalue weighted by Gasteiger charge is 2.13. The highest BCUT2D eigenvalue weighted by Crippen LogP contribution is 2.28. The molecule has 7 heteroatoms. The molecule has 0 aliphatic carbocycles. The van der Waals surface area contributed by atoms with Crippen LogP contribution >= 0.6 is 15.9 Å². The highest BCUT2D eigenvalue weighted by atomic mass is 79.9. The van der Waals surface area contributed by atoms with Crippen molar-refractivity contribution in [2.75, 3.05) is 7.11 Å². The number of amides is 1. The number of nitrogens with zero attached hydrogens (tertiary/aromatic N) is 1. The second-order valence-electron chi connectivity index (χ2n) is 9.60. The van der Waals surface area contributed by atoms with E-state index in [-0.39, 0.29) is 5.91 Å². The van der Waals surface area contributed by atoms with Crippen molar-refractivity contribution in [3.63, 3.8) is 0 Å². The number of halogens is 1. The van der Waals surface area contributed by atoms with Crippen LogP contribution in [-0.2, 0) is 4.79 Å². The quantitative estimate of drug-likeness (QED) is 0.0587. The number of methoxy groups -OCH3 is 1. The van der Waals surface area contributed by atoms with Crippen LogP contribution in [0.1, 0.15) is 113 Å². The number of carbonyl (C=O) groups excluding carboxylic acids is 2. The van der Waals surface area contributed by atoms with Crippen LogP contribution in [0.2, 0.25) is 0 Å². The van der Waals surface area contributed by atoms with Crippen molar-refractivity contribution in [1.82, 2.24) is 5.43 Å². The lowest BCUT2D eigenvalue weighted by Crippen LogP contribution is -2.16. The van der Waals surface area contributed by atoms with Gasteiger partial charge in [-0.05, 0) is 48.4 Å². The lowest BCUT2D eigenvalue weighted by molar-refractivity contribution is -0.121. The summed E-state index contributed by atoms with van der Waals surface area (Å²) < 4.78 is 11.7. The van der Waals surface area contributed by atoms with Gasteiger partial charge < -0.3 is 9.47 Å². The molecule has 1 amide bonds. The summed E-state index contributed by atoms with van der Waals surface area (Å²) in [7, 11) is 1.50. The van der Waals surface area contributed by atoms with Gasteiger partial charge in [0.15, 0.2) is 11.5 Å². The molecule has 0 saturated carbocycles. The minimum atomic E-state index is -0.480. The predicted molar refractivity (Wildman–Crippen MR) is 158 cm³/mol. The predicted octanol–water partition coefficient (Wildman–Crippen LogP) is 8.61. The fraction of sp³-hybridized carbons (Fsp3) is 0.516. The highest BCUT2D eigenvalue weighted by molar-refractivity contribution is 9.10. The maximum Gasteiger partial charge on any atom is 0.343 e. The van der Waals surface area contributed by atoms with E-state index < -0.39 is 5.97 Å². The largest absolute Gasteiger partial charge is 0.493 e. The fourth-order valence-corrected chi connectivity index (χ4v) is 4.56. The molecule has 2 aromatic rings. The molecule has 208 valence electrons. The van der Waals surface area contributed by atoms with Gasteiger partial charge in [0.1, 0.15) is 0 Å². The van der Waals surface area contributed by atoms with Gasteiger partial charge in [-0.1, -0.05) is 106 Å². The summed E-state index contributed by atoms with van der Waals surface area (Å²) in [6.45, 7) is 2.26. The maximum absolute atomic E-state index is 12.4. The van der Waals surface area contributed by atoms with Crippen molar-refractivity contribution in [3.05, 3.63) is 58.1 Å². The molecule has 2 rings (SSSR count). The first-order chi connectivity index (χ1) is 18.5. The molecular formula is C31H43BrN2O4. The molecule has 6 nitrogen and oxygen atoms in total. The van der Waals surface area contributed by atoms with Crippen LogP contribution in [0.25, 0.3) is 0 Å². The van der Waals surface area contributed by atoms with Gasteiger partial charge in [0.05, 0.1) is 18.9 Å².